The number of carboxylic acids is 1. The normalized spacial score (nSPS) is 12.6. The molecule has 0 aromatic carbocycles. The number of fused-ring (bicyclic) bond motifs is 1. The average Bonchev–Trinajstić information content (AvgIpc) is 2.72. The van der Waals surface area contributed by atoms with E-state index in [2.05, 4.69) is 10.1 Å². The van der Waals surface area contributed by atoms with Crippen LogP contribution >= 0.6 is 0 Å². The molecule has 0 aliphatic rings. The maximum atomic E-state index is 11.3. The van der Waals surface area contributed by atoms with Crippen LogP contribution in [0.3, 0.4) is 0 Å². The first-order valence-electron chi connectivity index (χ1n) is 5.72. The molecule has 3 N–H and O–H groups in total. The number of aliphatic carboxylic acids is 1. The molecule has 0 bridgehead atoms. The van der Waals surface area contributed by atoms with Gasteiger partial charge >= 0.3 is 5.97 Å². The number of amides is 1. The maximum absolute atomic E-state index is 11.3. The van der Waals surface area contributed by atoms with E-state index >= 15 is 0 Å². The van der Waals surface area contributed by atoms with Gasteiger partial charge < -0.3 is 10.8 Å². The summed E-state index contributed by atoms with van der Waals surface area (Å²) in [7, 11) is 0. The van der Waals surface area contributed by atoms with Gasteiger partial charge in [-0.25, -0.2) is 9.50 Å². The SMILES string of the molecule is Cc1nc2c(C(N)=O)cnn2c(C)c1C(C)C(=O)O. The molecule has 0 fully saturated rings. The number of hydrogen-bond donors (Lipinski definition) is 2. The van der Waals surface area contributed by atoms with E-state index in [1.165, 1.54) is 10.7 Å². The van der Waals surface area contributed by atoms with Gasteiger partial charge in [0.1, 0.15) is 5.56 Å². The summed E-state index contributed by atoms with van der Waals surface area (Å²) < 4.78 is 1.45. The first-order chi connectivity index (χ1) is 8.84. The van der Waals surface area contributed by atoms with Gasteiger partial charge in [0.15, 0.2) is 5.65 Å². The number of primary amides is 1. The van der Waals surface area contributed by atoms with Crippen LogP contribution in [0.1, 0.15) is 40.2 Å². The van der Waals surface area contributed by atoms with Crippen molar-refractivity contribution in [2.75, 3.05) is 0 Å². The van der Waals surface area contributed by atoms with Gasteiger partial charge in [0.25, 0.3) is 5.91 Å². The zero-order chi connectivity index (χ0) is 14.3. The molecule has 0 spiro atoms. The van der Waals surface area contributed by atoms with Crippen LogP contribution < -0.4 is 5.73 Å². The molecule has 2 aromatic rings. The molecule has 2 heterocycles. The lowest BCUT2D eigenvalue weighted by Gasteiger charge is -2.14. The Bertz CT molecular complexity index is 690. The molecule has 2 aromatic heterocycles. The highest BCUT2D eigenvalue weighted by Crippen LogP contribution is 2.24. The van der Waals surface area contributed by atoms with Crippen LogP contribution in [0.5, 0.6) is 0 Å². The van der Waals surface area contributed by atoms with Gasteiger partial charge in [0, 0.05) is 17.0 Å². The first kappa shape index (κ1) is 13.0. The molecule has 7 heteroatoms. The number of aromatic nitrogens is 3. The zero-order valence-electron chi connectivity index (χ0n) is 10.8. The molecule has 0 aliphatic carbocycles. The Hall–Kier alpha value is -2.44. The quantitative estimate of drug-likeness (QED) is 0.842. The minimum atomic E-state index is -0.936. The highest BCUT2D eigenvalue weighted by molar-refractivity contribution is 5.98. The minimum Gasteiger partial charge on any atom is -0.481 e. The number of carboxylic acid groups (broad SMARTS) is 1. The highest BCUT2D eigenvalue weighted by Gasteiger charge is 2.23. The number of carbonyl (C=O) groups is 2. The van der Waals surface area contributed by atoms with Crippen molar-refractivity contribution in [3.63, 3.8) is 0 Å². The Morgan fingerprint density at radius 2 is 2.05 bits per heavy atom. The fourth-order valence-electron chi connectivity index (χ4n) is 2.21. The van der Waals surface area contributed by atoms with Gasteiger partial charge in [0.05, 0.1) is 12.1 Å². The third-order valence-corrected chi connectivity index (χ3v) is 3.18. The van der Waals surface area contributed by atoms with E-state index in [9.17, 15) is 9.59 Å². The minimum absolute atomic E-state index is 0.223. The molecule has 0 aliphatic heterocycles. The predicted octanol–water partition coefficient (Wildman–Crippen LogP) is 0.633. The Morgan fingerprint density at radius 1 is 1.42 bits per heavy atom. The number of nitrogens with two attached hydrogens (primary N) is 1. The Kier molecular flexibility index (Phi) is 2.97. The second-order valence-corrected chi connectivity index (χ2v) is 4.41. The lowest BCUT2D eigenvalue weighted by atomic mass is 9.98. The second-order valence-electron chi connectivity index (χ2n) is 4.41. The van der Waals surface area contributed by atoms with Crippen molar-refractivity contribution in [3.8, 4) is 0 Å². The van der Waals surface area contributed by atoms with Crippen LogP contribution in [-0.2, 0) is 4.79 Å². The van der Waals surface area contributed by atoms with Crippen molar-refractivity contribution in [2.24, 2.45) is 5.73 Å². The third kappa shape index (κ3) is 1.92. The molecule has 0 saturated heterocycles. The summed E-state index contributed by atoms with van der Waals surface area (Å²) >= 11 is 0. The number of carbonyl (C=O) groups excluding carboxylic acids is 1. The molecule has 7 nitrogen and oxygen atoms in total. The summed E-state index contributed by atoms with van der Waals surface area (Å²) in [6.45, 7) is 5.04. The van der Waals surface area contributed by atoms with Crippen LogP contribution in [0, 0.1) is 13.8 Å². The smallest absolute Gasteiger partial charge is 0.310 e. The monoisotopic (exact) mass is 262 g/mol. The van der Waals surface area contributed by atoms with E-state index < -0.39 is 17.8 Å². The molecule has 2 rings (SSSR count). The van der Waals surface area contributed by atoms with Gasteiger partial charge in [0.2, 0.25) is 0 Å². The van der Waals surface area contributed by atoms with Gasteiger partial charge in [-0.2, -0.15) is 5.10 Å². The summed E-state index contributed by atoms with van der Waals surface area (Å²) in [4.78, 5) is 26.6. The standard InChI is InChI=1S/C12H14N4O3/c1-5(12(18)19)9-6(2)15-11-8(10(13)17)4-14-16(11)7(9)3/h4-5H,1-3H3,(H2,13,17)(H,18,19). The largest absolute Gasteiger partial charge is 0.481 e. The average molecular weight is 262 g/mol. The van der Waals surface area contributed by atoms with Crippen LogP contribution in [0.25, 0.3) is 5.65 Å². The topological polar surface area (TPSA) is 111 Å². The van der Waals surface area contributed by atoms with Crippen molar-refractivity contribution >= 4 is 17.5 Å². The van der Waals surface area contributed by atoms with E-state index in [4.69, 9.17) is 10.8 Å². The highest BCUT2D eigenvalue weighted by atomic mass is 16.4. The Balaban J connectivity index is 2.77. The number of rotatable bonds is 3. The van der Waals surface area contributed by atoms with E-state index in [1.54, 1.807) is 20.8 Å². The summed E-state index contributed by atoms with van der Waals surface area (Å²) in [6, 6.07) is 0. The van der Waals surface area contributed by atoms with Crippen LogP contribution in [0.2, 0.25) is 0 Å². The Morgan fingerprint density at radius 3 is 2.58 bits per heavy atom. The van der Waals surface area contributed by atoms with Crippen molar-refractivity contribution < 1.29 is 14.7 Å². The number of nitrogens with zero attached hydrogens (tertiary/aromatic N) is 3. The Labute approximate surface area is 109 Å². The van der Waals surface area contributed by atoms with Gasteiger partial charge in [-0.15, -0.1) is 0 Å². The predicted molar refractivity (Wildman–Crippen MR) is 67.0 cm³/mol. The van der Waals surface area contributed by atoms with Crippen molar-refractivity contribution in [3.05, 3.63) is 28.7 Å². The molecule has 1 amide bonds. The summed E-state index contributed by atoms with van der Waals surface area (Å²) in [6.07, 6.45) is 1.34. The van der Waals surface area contributed by atoms with Crippen molar-refractivity contribution in [1.29, 1.82) is 0 Å². The van der Waals surface area contributed by atoms with Gasteiger partial charge in [-0.1, -0.05) is 0 Å². The third-order valence-electron chi connectivity index (χ3n) is 3.18. The van der Waals surface area contributed by atoms with Crippen LogP contribution in [0.15, 0.2) is 6.20 Å². The van der Waals surface area contributed by atoms with E-state index in [1.807, 2.05) is 0 Å². The first-order valence-corrected chi connectivity index (χ1v) is 5.72. The molecule has 100 valence electrons. The number of aryl methyl sites for hydroxylation is 2. The maximum Gasteiger partial charge on any atom is 0.310 e. The summed E-state index contributed by atoms with van der Waals surface area (Å²) in [5.74, 6) is -2.24. The molecular formula is C12H14N4O3. The van der Waals surface area contributed by atoms with Crippen molar-refractivity contribution in [2.45, 2.75) is 26.7 Å². The van der Waals surface area contributed by atoms with Gasteiger partial charge in [-0.05, 0) is 20.8 Å². The molecule has 1 unspecified atom stereocenters. The lowest BCUT2D eigenvalue weighted by molar-refractivity contribution is -0.138. The van der Waals surface area contributed by atoms with E-state index in [0.717, 1.165) is 0 Å². The fraction of sp³-hybridized carbons (Fsp3) is 0.333. The molecule has 0 radical (unpaired) electrons. The van der Waals surface area contributed by atoms with E-state index in [-0.39, 0.29) is 5.56 Å². The zero-order valence-corrected chi connectivity index (χ0v) is 10.8. The second kappa shape index (κ2) is 4.34. The van der Waals surface area contributed by atoms with Crippen LogP contribution in [-0.4, -0.2) is 31.6 Å². The molecule has 1 atom stereocenters. The molecule has 0 saturated carbocycles. The summed E-state index contributed by atoms with van der Waals surface area (Å²) in [5.41, 5.74) is 7.62. The van der Waals surface area contributed by atoms with E-state index in [0.29, 0.717) is 22.6 Å². The fourth-order valence-corrected chi connectivity index (χ4v) is 2.21. The summed E-state index contributed by atoms with van der Waals surface area (Å²) in [5, 5.41) is 13.2. The number of hydrogen-bond acceptors (Lipinski definition) is 4. The van der Waals surface area contributed by atoms with Crippen LogP contribution in [0.4, 0.5) is 0 Å². The van der Waals surface area contributed by atoms with Crippen molar-refractivity contribution in [1.82, 2.24) is 14.6 Å². The molecular weight excluding hydrogens is 248 g/mol. The lowest BCUT2D eigenvalue weighted by Crippen LogP contribution is -2.16. The molecule has 19 heavy (non-hydrogen) atoms. The van der Waals surface area contributed by atoms with Gasteiger partial charge in [-0.3, -0.25) is 9.59 Å².